The molecule has 0 unspecified atom stereocenters. The van der Waals surface area contributed by atoms with E-state index in [0.29, 0.717) is 16.7 Å². The molecule has 0 amide bonds. The monoisotopic (exact) mass is 295 g/mol. The van der Waals surface area contributed by atoms with Gasteiger partial charge in [0.2, 0.25) is 5.78 Å². The van der Waals surface area contributed by atoms with Crippen LogP contribution in [0.1, 0.15) is 51.5 Å². The number of hydrogen-bond acceptors (Lipinski definition) is 4. The average Bonchev–Trinajstić information content (AvgIpc) is 3.29. The second-order valence-electron chi connectivity index (χ2n) is 5.50. The number of benzene rings is 1. The summed E-state index contributed by atoms with van der Waals surface area (Å²) in [6.07, 6.45) is 1.65. The van der Waals surface area contributed by atoms with Crippen LogP contribution in [-0.2, 0) is 0 Å². The number of aromatic nitrogens is 2. The van der Waals surface area contributed by atoms with Crippen molar-refractivity contribution in [2.75, 3.05) is 0 Å². The van der Waals surface area contributed by atoms with E-state index in [2.05, 4.69) is 9.97 Å². The van der Waals surface area contributed by atoms with Gasteiger partial charge in [-0.15, -0.1) is 0 Å². The van der Waals surface area contributed by atoms with Crippen LogP contribution in [0.25, 0.3) is 0 Å². The van der Waals surface area contributed by atoms with Crippen molar-refractivity contribution in [3.63, 3.8) is 0 Å². The van der Waals surface area contributed by atoms with Crippen LogP contribution in [0.4, 0.5) is 0 Å². The molecule has 0 aliphatic heterocycles. The number of aromatic amines is 2. The van der Waals surface area contributed by atoms with Crippen molar-refractivity contribution in [1.29, 1.82) is 5.26 Å². The predicted molar refractivity (Wildman–Crippen MR) is 79.0 cm³/mol. The average molecular weight is 295 g/mol. The number of ketones is 1. The Hall–Kier alpha value is -2.94. The van der Waals surface area contributed by atoms with Crippen molar-refractivity contribution < 1.29 is 4.79 Å². The highest BCUT2D eigenvalue weighted by atomic mass is 16.2. The lowest BCUT2D eigenvalue weighted by molar-refractivity contribution is 0.103. The van der Waals surface area contributed by atoms with Crippen molar-refractivity contribution in [3.8, 4) is 6.07 Å². The highest BCUT2D eigenvalue weighted by Gasteiger charge is 2.32. The standard InChI is InChI=1S/C16H13N3O3/c1-8-4-9(7-17)6-11(5-8)14(20)13-12(10-2-3-10)15(21)19-16(22)18-13/h4-6,10H,2-3H2,1H3,(H2,18,19,21,22). The Kier molecular flexibility index (Phi) is 3.26. The van der Waals surface area contributed by atoms with E-state index < -0.39 is 17.0 Å². The molecule has 0 spiro atoms. The number of rotatable bonds is 3. The zero-order valence-electron chi connectivity index (χ0n) is 11.9. The molecule has 1 aromatic heterocycles. The fourth-order valence-electron chi connectivity index (χ4n) is 2.56. The molecule has 0 radical (unpaired) electrons. The van der Waals surface area contributed by atoms with Crippen molar-refractivity contribution in [3.05, 3.63) is 67.0 Å². The first-order valence-corrected chi connectivity index (χ1v) is 6.92. The molecule has 0 bridgehead atoms. The molecule has 1 aromatic carbocycles. The molecule has 2 N–H and O–H groups in total. The summed E-state index contributed by atoms with van der Waals surface area (Å²) in [6, 6.07) is 6.76. The van der Waals surface area contributed by atoms with Gasteiger partial charge in [0.25, 0.3) is 5.56 Å². The molecule has 1 aliphatic rings. The van der Waals surface area contributed by atoms with Gasteiger partial charge in [-0.3, -0.25) is 14.6 Å². The maximum absolute atomic E-state index is 12.7. The normalized spacial score (nSPS) is 13.6. The van der Waals surface area contributed by atoms with Crippen LogP contribution in [0.2, 0.25) is 0 Å². The molecule has 0 atom stereocenters. The quantitative estimate of drug-likeness (QED) is 0.833. The Morgan fingerprint density at radius 2 is 1.95 bits per heavy atom. The van der Waals surface area contributed by atoms with Gasteiger partial charge in [0.1, 0.15) is 0 Å². The number of H-pyrrole nitrogens is 2. The molecule has 2 aromatic rings. The molecular weight excluding hydrogens is 282 g/mol. The molecule has 0 saturated heterocycles. The van der Waals surface area contributed by atoms with E-state index in [9.17, 15) is 14.4 Å². The number of carbonyl (C=O) groups excluding carboxylic acids is 1. The molecule has 1 heterocycles. The molecular formula is C16H13N3O3. The van der Waals surface area contributed by atoms with Gasteiger partial charge in [-0.1, -0.05) is 0 Å². The summed E-state index contributed by atoms with van der Waals surface area (Å²) >= 11 is 0. The Balaban J connectivity index is 2.18. The van der Waals surface area contributed by atoms with Gasteiger partial charge in [0.05, 0.1) is 17.3 Å². The third-order valence-electron chi connectivity index (χ3n) is 3.66. The van der Waals surface area contributed by atoms with E-state index >= 15 is 0 Å². The topological polar surface area (TPSA) is 107 Å². The second-order valence-corrected chi connectivity index (χ2v) is 5.50. The first-order chi connectivity index (χ1) is 10.5. The largest absolute Gasteiger partial charge is 0.326 e. The fourth-order valence-corrected chi connectivity index (χ4v) is 2.56. The predicted octanol–water partition coefficient (Wildman–Crippen LogP) is 1.35. The van der Waals surface area contributed by atoms with Crippen LogP contribution in [-0.4, -0.2) is 15.8 Å². The zero-order chi connectivity index (χ0) is 15.9. The summed E-state index contributed by atoms with van der Waals surface area (Å²) in [5.41, 5.74) is 0.579. The van der Waals surface area contributed by atoms with Gasteiger partial charge in [-0.05, 0) is 49.4 Å². The Labute approximate surface area is 125 Å². The lowest BCUT2D eigenvalue weighted by atomic mass is 9.99. The van der Waals surface area contributed by atoms with Gasteiger partial charge in [-0.2, -0.15) is 5.26 Å². The molecule has 1 aliphatic carbocycles. The second kappa shape index (κ2) is 5.11. The summed E-state index contributed by atoms with van der Waals surface area (Å²) in [5, 5.41) is 9.01. The fraction of sp³-hybridized carbons (Fsp3) is 0.250. The van der Waals surface area contributed by atoms with E-state index in [1.807, 2.05) is 6.07 Å². The minimum Gasteiger partial charge on any atom is -0.304 e. The Morgan fingerprint density at radius 3 is 2.59 bits per heavy atom. The highest BCUT2D eigenvalue weighted by Crippen LogP contribution is 2.39. The molecule has 110 valence electrons. The summed E-state index contributed by atoms with van der Waals surface area (Å²) < 4.78 is 0. The molecule has 6 heteroatoms. The third kappa shape index (κ3) is 2.49. The van der Waals surface area contributed by atoms with E-state index in [1.54, 1.807) is 19.1 Å². The minimum atomic E-state index is -0.703. The Morgan fingerprint density at radius 1 is 1.23 bits per heavy atom. The maximum atomic E-state index is 12.7. The lowest BCUT2D eigenvalue weighted by Crippen LogP contribution is -2.30. The lowest BCUT2D eigenvalue weighted by Gasteiger charge is -2.07. The van der Waals surface area contributed by atoms with E-state index in [1.165, 1.54) is 6.07 Å². The molecule has 1 fully saturated rings. The highest BCUT2D eigenvalue weighted by molar-refractivity contribution is 6.09. The molecule has 6 nitrogen and oxygen atoms in total. The molecule has 22 heavy (non-hydrogen) atoms. The van der Waals surface area contributed by atoms with Crippen molar-refractivity contribution in [2.45, 2.75) is 25.7 Å². The number of nitrogens with zero attached hydrogens (tertiary/aromatic N) is 1. The molecule has 1 saturated carbocycles. The van der Waals surface area contributed by atoms with Crippen LogP contribution in [0, 0.1) is 18.3 Å². The van der Waals surface area contributed by atoms with E-state index in [0.717, 1.165) is 18.4 Å². The third-order valence-corrected chi connectivity index (χ3v) is 3.66. The zero-order valence-corrected chi connectivity index (χ0v) is 11.9. The van der Waals surface area contributed by atoms with Crippen molar-refractivity contribution >= 4 is 5.78 Å². The number of nitrogens with one attached hydrogen (secondary N) is 2. The number of nitriles is 1. The first-order valence-electron chi connectivity index (χ1n) is 6.92. The van der Waals surface area contributed by atoms with Gasteiger partial charge in [-0.25, -0.2) is 4.79 Å². The van der Waals surface area contributed by atoms with Gasteiger partial charge in [0, 0.05) is 11.1 Å². The summed E-state index contributed by atoms with van der Waals surface area (Å²) in [6.45, 7) is 1.78. The van der Waals surface area contributed by atoms with Crippen LogP contribution in [0.3, 0.4) is 0 Å². The maximum Gasteiger partial charge on any atom is 0.326 e. The SMILES string of the molecule is Cc1cc(C#N)cc(C(=O)c2[nH]c(=O)[nH]c(=O)c2C2CC2)c1. The summed E-state index contributed by atoms with van der Waals surface area (Å²) in [5.74, 6) is -0.426. The van der Waals surface area contributed by atoms with Gasteiger partial charge >= 0.3 is 5.69 Å². The van der Waals surface area contributed by atoms with E-state index in [-0.39, 0.29) is 11.6 Å². The van der Waals surface area contributed by atoms with Crippen LogP contribution >= 0.6 is 0 Å². The first kappa shape index (κ1) is 14.0. The van der Waals surface area contributed by atoms with Crippen LogP contribution in [0.5, 0.6) is 0 Å². The van der Waals surface area contributed by atoms with Crippen LogP contribution < -0.4 is 11.2 Å². The van der Waals surface area contributed by atoms with Crippen molar-refractivity contribution in [2.24, 2.45) is 0 Å². The molecule has 3 rings (SSSR count). The number of hydrogen-bond donors (Lipinski definition) is 2. The Bertz CT molecular complexity index is 927. The summed E-state index contributed by atoms with van der Waals surface area (Å²) in [4.78, 5) is 40.8. The van der Waals surface area contributed by atoms with Gasteiger partial charge < -0.3 is 4.98 Å². The van der Waals surface area contributed by atoms with Gasteiger partial charge in [0.15, 0.2) is 0 Å². The smallest absolute Gasteiger partial charge is 0.304 e. The minimum absolute atomic E-state index is 0.0137. The van der Waals surface area contributed by atoms with Crippen molar-refractivity contribution in [1.82, 2.24) is 9.97 Å². The number of carbonyl (C=O) groups is 1. The summed E-state index contributed by atoms with van der Waals surface area (Å²) in [7, 11) is 0. The van der Waals surface area contributed by atoms with E-state index in [4.69, 9.17) is 5.26 Å². The number of aryl methyl sites for hydroxylation is 1. The van der Waals surface area contributed by atoms with Crippen LogP contribution in [0.15, 0.2) is 27.8 Å².